The molecule has 9 heteroatoms. The zero-order valence-electron chi connectivity index (χ0n) is 11.2. The van der Waals surface area contributed by atoms with Crippen molar-refractivity contribution >= 4 is 22.4 Å². The molecule has 21 heavy (non-hydrogen) atoms. The molecule has 1 fully saturated rings. The van der Waals surface area contributed by atoms with Gasteiger partial charge >= 0.3 is 0 Å². The summed E-state index contributed by atoms with van der Waals surface area (Å²) in [4.78, 5) is -1.11. The van der Waals surface area contributed by atoms with Crippen molar-refractivity contribution in [3.05, 3.63) is 29.6 Å². The van der Waals surface area contributed by atoms with Crippen LogP contribution in [0.1, 0.15) is 13.3 Å². The van der Waals surface area contributed by atoms with Crippen molar-refractivity contribution in [2.75, 3.05) is 13.1 Å². The van der Waals surface area contributed by atoms with Crippen molar-refractivity contribution < 1.29 is 21.6 Å². The van der Waals surface area contributed by atoms with Gasteiger partial charge in [0.25, 0.3) is 0 Å². The van der Waals surface area contributed by atoms with Crippen LogP contribution in [0.25, 0.3) is 0 Å². The van der Waals surface area contributed by atoms with Crippen molar-refractivity contribution in [1.29, 1.82) is 0 Å². The van der Waals surface area contributed by atoms with Crippen LogP contribution in [-0.4, -0.2) is 31.9 Å². The van der Waals surface area contributed by atoms with Gasteiger partial charge < -0.3 is 5.73 Å². The van der Waals surface area contributed by atoms with Gasteiger partial charge in [-0.3, -0.25) is 0 Å². The van der Waals surface area contributed by atoms with Crippen molar-refractivity contribution in [3.8, 4) is 0 Å². The largest absolute Gasteiger partial charge is 0.328 e. The van der Waals surface area contributed by atoms with Crippen LogP contribution in [0.2, 0.25) is 0 Å². The predicted molar refractivity (Wildman–Crippen MR) is 74.1 cm³/mol. The first-order valence-electron chi connectivity index (χ1n) is 6.13. The number of rotatable bonds is 3. The second-order valence-corrected chi connectivity index (χ2v) is 6.84. The molecule has 0 spiro atoms. The van der Waals surface area contributed by atoms with E-state index in [-0.39, 0.29) is 37.5 Å². The Morgan fingerprint density at radius 2 is 1.81 bits per heavy atom. The highest BCUT2D eigenvalue weighted by Crippen LogP contribution is 2.29. The summed E-state index contributed by atoms with van der Waals surface area (Å²) in [5, 5.41) is 0. The van der Waals surface area contributed by atoms with Gasteiger partial charge in [0.05, 0.1) is 0 Å². The summed E-state index contributed by atoms with van der Waals surface area (Å²) in [7, 11) is -4.32. The fourth-order valence-electron chi connectivity index (χ4n) is 2.31. The van der Waals surface area contributed by atoms with E-state index in [1.165, 1.54) is 0 Å². The van der Waals surface area contributed by atoms with Crippen molar-refractivity contribution in [3.63, 3.8) is 0 Å². The van der Waals surface area contributed by atoms with Crippen LogP contribution >= 0.6 is 12.4 Å². The molecule has 1 aliphatic heterocycles. The molecule has 2 N–H and O–H groups in total. The maximum atomic E-state index is 13.6. The number of halogens is 4. The average molecular weight is 345 g/mol. The van der Waals surface area contributed by atoms with E-state index in [9.17, 15) is 21.6 Å². The third-order valence-electron chi connectivity index (χ3n) is 3.49. The molecule has 1 heterocycles. The monoisotopic (exact) mass is 344 g/mol. The number of nitrogens with two attached hydrogens (primary N) is 1. The normalized spacial score (nSPS) is 21.1. The molecule has 0 aliphatic carbocycles. The fraction of sp³-hybridized carbons (Fsp3) is 0.500. The Balaban J connectivity index is 0.00000220. The molecule has 1 aliphatic rings. The summed E-state index contributed by atoms with van der Waals surface area (Å²) < 4.78 is 65.5. The first-order valence-corrected chi connectivity index (χ1v) is 7.57. The van der Waals surface area contributed by atoms with Crippen molar-refractivity contribution in [1.82, 2.24) is 4.31 Å². The first kappa shape index (κ1) is 18.2. The lowest BCUT2D eigenvalue weighted by Crippen LogP contribution is -2.33. The Kier molecular flexibility index (Phi) is 5.65. The van der Waals surface area contributed by atoms with Crippen LogP contribution < -0.4 is 5.73 Å². The molecule has 0 radical (unpaired) electrons. The van der Waals surface area contributed by atoms with Gasteiger partial charge in [0.2, 0.25) is 10.0 Å². The molecule has 1 saturated heterocycles. The van der Waals surface area contributed by atoms with E-state index in [0.717, 1.165) is 4.31 Å². The summed E-state index contributed by atoms with van der Waals surface area (Å²) in [6.07, 6.45) is 0.529. The summed E-state index contributed by atoms with van der Waals surface area (Å²) in [6, 6.07) is 0.502. The minimum Gasteiger partial charge on any atom is -0.328 e. The average Bonchev–Trinajstić information content (AvgIpc) is 2.76. The van der Waals surface area contributed by atoms with Gasteiger partial charge in [-0.15, -0.1) is 12.4 Å². The van der Waals surface area contributed by atoms with Crippen LogP contribution in [0.15, 0.2) is 17.0 Å². The number of benzene rings is 1. The van der Waals surface area contributed by atoms with E-state index in [1.54, 1.807) is 6.92 Å². The molecule has 0 aromatic heterocycles. The van der Waals surface area contributed by atoms with Gasteiger partial charge in [0, 0.05) is 31.3 Å². The maximum Gasteiger partial charge on any atom is 0.248 e. The van der Waals surface area contributed by atoms with Crippen LogP contribution in [0.5, 0.6) is 0 Å². The van der Waals surface area contributed by atoms with Gasteiger partial charge in [0.1, 0.15) is 17.5 Å². The van der Waals surface area contributed by atoms with Crippen LogP contribution in [-0.2, 0) is 10.0 Å². The third-order valence-corrected chi connectivity index (χ3v) is 5.41. The lowest BCUT2D eigenvalue weighted by Gasteiger charge is -2.18. The fourth-order valence-corrected chi connectivity index (χ4v) is 3.91. The Hall–Kier alpha value is -0.830. The number of nitrogens with zero attached hydrogens (tertiary/aromatic N) is 1. The number of hydrogen-bond donors (Lipinski definition) is 1. The van der Waals surface area contributed by atoms with Gasteiger partial charge in [-0.05, 0) is 19.3 Å². The first-order chi connectivity index (χ1) is 9.23. The smallest absolute Gasteiger partial charge is 0.248 e. The molecule has 1 aromatic carbocycles. The lowest BCUT2D eigenvalue weighted by atomic mass is 10.0. The van der Waals surface area contributed by atoms with E-state index in [0.29, 0.717) is 18.6 Å². The molecule has 2 atom stereocenters. The van der Waals surface area contributed by atoms with Crippen LogP contribution in [0, 0.1) is 23.4 Å². The van der Waals surface area contributed by atoms with Gasteiger partial charge in [-0.25, -0.2) is 21.6 Å². The highest BCUT2D eigenvalue weighted by Gasteiger charge is 2.37. The Labute approximate surface area is 127 Å². The molecule has 0 amide bonds. The molecule has 0 saturated carbocycles. The Morgan fingerprint density at radius 1 is 1.29 bits per heavy atom. The van der Waals surface area contributed by atoms with Crippen LogP contribution in [0.3, 0.4) is 0 Å². The molecule has 0 bridgehead atoms. The van der Waals surface area contributed by atoms with E-state index in [2.05, 4.69) is 0 Å². The molecule has 1 aromatic rings. The zero-order chi connectivity index (χ0) is 15.1. The predicted octanol–water partition coefficient (Wildman–Crippen LogP) is 1.88. The molecule has 2 rings (SSSR count). The highest BCUT2D eigenvalue weighted by molar-refractivity contribution is 7.89. The summed E-state index contributed by atoms with van der Waals surface area (Å²) in [5.41, 5.74) is 5.70. The van der Waals surface area contributed by atoms with E-state index < -0.39 is 32.4 Å². The van der Waals surface area contributed by atoms with Gasteiger partial charge in [-0.2, -0.15) is 4.31 Å². The Bertz CT molecular complexity index is 602. The topological polar surface area (TPSA) is 63.4 Å². The number of sulfonamides is 1. The van der Waals surface area contributed by atoms with E-state index in [4.69, 9.17) is 5.73 Å². The quantitative estimate of drug-likeness (QED) is 0.910. The third kappa shape index (κ3) is 3.50. The molecule has 2 unspecified atom stereocenters. The molecular formula is C12H16ClF3N2O2S. The minimum absolute atomic E-state index is 0. The Morgan fingerprint density at radius 3 is 2.24 bits per heavy atom. The molecular weight excluding hydrogens is 329 g/mol. The summed E-state index contributed by atoms with van der Waals surface area (Å²) in [5.74, 6) is -4.07. The molecule has 120 valence electrons. The van der Waals surface area contributed by atoms with E-state index >= 15 is 0 Å². The number of hydrogen-bond acceptors (Lipinski definition) is 3. The van der Waals surface area contributed by atoms with Crippen molar-refractivity contribution in [2.45, 2.75) is 24.3 Å². The van der Waals surface area contributed by atoms with Crippen molar-refractivity contribution in [2.24, 2.45) is 11.7 Å². The second kappa shape index (κ2) is 6.51. The lowest BCUT2D eigenvalue weighted by molar-refractivity contribution is 0.420. The second-order valence-electron chi connectivity index (χ2n) is 4.97. The van der Waals surface area contributed by atoms with Crippen LogP contribution in [0.4, 0.5) is 13.2 Å². The van der Waals surface area contributed by atoms with Gasteiger partial charge in [0.15, 0.2) is 4.90 Å². The SMILES string of the molecule is CC(N)C1CCN(S(=O)(=O)c2c(F)cc(F)cc2F)C1.Cl. The standard InChI is InChI=1S/C12H15F3N2O2S.ClH/c1-7(16)8-2-3-17(6-8)20(18,19)12-10(14)4-9(13)5-11(12)15;/h4-5,7-8H,2-3,6,16H2,1H3;1H. The van der Waals surface area contributed by atoms with E-state index in [1.807, 2.05) is 0 Å². The zero-order valence-corrected chi connectivity index (χ0v) is 12.9. The molecule has 4 nitrogen and oxygen atoms in total. The minimum atomic E-state index is -4.32. The summed E-state index contributed by atoms with van der Waals surface area (Å²) in [6.45, 7) is 2.00. The highest BCUT2D eigenvalue weighted by atomic mass is 35.5. The van der Waals surface area contributed by atoms with Gasteiger partial charge in [-0.1, -0.05) is 0 Å². The summed E-state index contributed by atoms with van der Waals surface area (Å²) >= 11 is 0. The maximum absolute atomic E-state index is 13.6.